The van der Waals surface area contributed by atoms with Crippen LogP contribution >= 0.6 is 0 Å². The normalized spacial score (nSPS) is 12.0. The lowest BCUT2D eigenvalue weighted by Gasteiger charge is -2.09. The maximum absolute atomic E-state index is 12.9. The highest BCUT2D eigenvalue weighted by molar-refractivity contribution is 5.99. The van der Waals surface area contributed by atoms with E-state index in [1.165, 1.54) is 18.2 Å². The van der Waals surface area contributed by atoms with Gasteiger partial charge in [-0.15, -0.1) is 0 Å². The monoisotopic (exact) mass is 345 g/mol. The summed E-state index contributed by atoms with van der Waals surface area (Å²) in [5, 5.41) is 4.56. The zero-order valence-electron chi connectivity index (χ0n) is 13.2. The molecule has 3 rings (SSSR count). The molecule has 0 fully saturated rings. The molecule has 0 spiro atoms. The van der Waals surface area contributed by atoms with Gasteiger partial charge in [0.15, 0.2) is 0 Å². The first-order valence-electron chi connectivity index (χ1n) is 7.42. The molecule has 1 N–H and O–H groups in total. The molecule has 0 radical (unpaired) electrons. The third-order valence-electron chi connectivity index (χ3n) is 3.82. The van der Waals surface area contributed by atoms with Crippen LogP contribution in [0.2, 0.25) is 0 Å². The van der Waals surface area contributed by atoms with E-state index >= 15 is 0 Å². The van der Waals surface area contributed by atoms with Crippen molar-refractivity contribution in [1.29, 1.82) is 0 Å². The number of nitrogens with one attached hydrogen (secondary N) is 1. The van der Waals surface area contributed by atoms with Crippen molar-refractivity contribution in [3.8, 4) is 0 Å². The van der Waals surface area contributed by atoms with Gasteiger partial charge in [-0.1, -0.05) is 36.4 Å². The van der Waals surface area contributed by atoms with Crippen LogP contribution in [0.5, 0.6) is 0 Å². The first kappa shape index (κ1) is 16.8. The van der Waals surface area contributed by atoms with Gasteiger partial charge in [0.05, 0.1) is 11.8 Å². The summed E-state index contributed by atoms with van der Waals surface area (Å²) in [6.07, 6.45) is -3.49. The minimum atomic E-state index is -4.48. The van der Waals surface area contributed by atoms with E-state index in [0.717, 1.165) is 23.2 Å². The number of carbonyl (C=O) groups excluding carboxylic acids is 1. The first-order valence-corrected chi connectivity index (χ1v) is 7.42. The van der Waals surface area contributed by atoms with Crippen LogP contribution in [-0.2, 0) is 13.2 Å². The number of carbonyl (C=O) groups is 1. The molecule has 1 heterocycles. The Labute approximate surface area is 141 Å². The molecule has 1 amide bonds. The average Bonchev–Trinajstić information content (AvgIpc) is 2.92. The summed E-state index contributed by atoms with van der Waals surface area (Å²) in [6.45, 7) is 0. The van der Waals surface area contributed by atoms with E-state index in [-0.39, 0.29) is 5.56 Å². The molecule has 0 atom stereocenters. The third-order valence-corrected chi connectivity index (χ3v) is 3.82. The van der Waals surface area contributed by atoms with Crippen molar-refractivity contribution < 1.29 is 18.0 Å². The standard InChI is InChI=1S/C18H14F3N3O/c1-24-15-9-5-3-6-12(15)10-16(24)17(25)23-22-11-13-7-2-4-8-14(13)18(19,20)21/h2-11H,1H3,(H,23,25)/b22-11+. The number of hydrazone groups is 1. The lowest BCUT2D eigenvalue weighted by molar-refractivity contribution is -0.137. The molecule has 0 saturated heterocycles. The number of nitrogens with zero attached hydrogens (tertiary/aromatic N) is 2. The molecule has 0 aliphatic heterocycles. The zero-order chi connectivity index (χ0) is 18.0. The van der Waals surface area contributed by atoms with E-state index in [9.17, 15) is 18.0 Å². The minimum Gasteiger partial charge on any atom is -0.340 e. The Hall–Kier alpha value is -3.09. The quantitative estimate of drug-likeness (QED) is 0.567. The second kappa shape index (κ2) is 6.43. The molecule has 1 aromatic heterocycles. The Morgan fingerprint density at radius 3 is 2.52 bits per heavy atom. The van der Waals surface area contributed by atoms with Gasteiger partial charge < -0.3 is 4.57 Å². The summed E-state index contributed by atoms with van der Waals surface area (Å²) in [7, 11) is 1.74. The number of alkyl halides is 3. The average molecular weight is 345 g/mol. The van der Waals surface area contributed by atoms with Gasteiger partial charge in [-0.3, -0.25) is 4.79 Å². The number of para-hydroxylation sites is 1. The number of benzene rings is 2. The van der Waals surface area contributed by atoms with E-state index in [0.29, 0.717) is 5.69 Å². The molecule has 25 heavy (non-hydrogen) atoms. The highest BCUT2D eigenvalue weighted by Gasteiger charge is 2.32. The summed E-state index contributed by atoms with van der Waals surface area (Å²) < 4.78 is 40.5. The summed E-state index contributed by atoms with van der Waals surface area (Å²) in [6, 6.07) is 14.2. The molecule has 7 heteroatoms. The van der Waals surface area contributed by atoms with Crippen molar-refractivity contribution >= 4 is 23.0 Å². The van der Waals surface area contributed by atoms with Crippen LogP contribution in [0.1, 0.15) is 21.6 Å². The topological polar surface area (TPSA) is 46.4 Å². The molecular weight excluding hydrogens is 331 g/mol. The fraction of sp³-hybridized carbons (Fsp3) is 0.111. The van der Waals surface area contributed by atoms with Crippen molar-refractivity contribution in [3.63, 3.8) is 0 Å². The molecule has 0 saturated carbocycles. The molecule has 0 unspecified atom stereocenters. The molecule has 0 aliphatic rings. The molecular formula is C18H14F3N3O. The highest BCUT2D eigenvalue weighted by Crippen LogP contribution is 2.31. The fourth-order valence-corrected chi connectivity index (χ4v) is 2.59. The third kappa shape index (κ3) is 3.40. The Balaban J connectivity index is 1.81. The summed E-state index contributed by atoms with van der Waals surface area (Å²) >= 11 is 0. The van der Waals surface area contributed by atoms with Gasteiger partial charge in [0, 0.05) is 23.5 Å². The Bertz CT molecular complexity index is 958. The lowest BCUT2D eigenvalue weighted by Crippen LogP contribution is -2.20. The minimum absolute atomic E-state index is 0.118. The van der Waals surface area contributed by atoms with Crippen LogP contribution < -0.4 is 5.43 Å². The van der Waals surface area contributed by atoms with Gasteiger partial charge in [0.25, 0.3) is 5.91 Å². The zero-order valence-corrected chi connectivity index (χ0v) is 13.2. The van der Waals surface area contributed by atoms with Crippen LogP contribution in [0.15, 0.2) is 59.7 Å². The van der Waals surface area contributed by atoms with Crippen molar-refractivity contribution in [1.82, 2.24) is 9.99 Å². The van der Waals surface area contributed by atoms with Crippen LogP contribution in [0.25, 0.3) is 10.9 Å². The van der Waals surface area contributed by atoms with Crippen LogP contribution in [0.3, 0.4) is 0 Å². The molecule has 128 valence electrons. The second-order valence-corrected chi connectivity index (χ2v) is 5.43. The van der Waals surface area contributed by atoms with Crippen molar-refractivity contribution in [2.75, 3.05) is 0 Å². The van der Waals surface area contributed by atoms with Crippen molar-refractivity contribution in [2.45, 2.75) is 6.18 Å². The first-order chi connectivity index (χ1) is 11.9. The van der Waals surface area contributed by atoms with Gasteiger partial charge in [-0.05, 0) is 18.2 Å². The number of rotatable bonds is 3. The molecule has 0 bridgehead atoms. The van der Waals surface area contributed by atoms with Crippen molar-refractivity contribution in [2.24, 2.45) is 12.1 Å². The number of halogens is 3. The van der Waals surface area contributed by atoms with Gasteiger partial charge in [-0.2, -0.15) is 18.3 Å². The number of amides is 1. The van der Waals surface area contributed by atoms with Gasteiger partial charge >= 0.3 is 6.18 Å². The van der Waals surface area contributed by atoms with Crippen LogP contribution in [-0.4, -0.2) is 16.7 Å². The van der Waals surface area contributed by atoms with E-state index in [4.69, 9.17) is 0 Å². The van der Waals surface area contributed by atoms with Gasteiger partial charge in [-0.25, -0.2) is 5.43 Å². The van der Waals surface area contributed by atoms with Gasteiger partial charge in [0.1, 0.15) is 5.69 Å². The smallest absolute Gasteiger partial charge is 0.340 e. The predicted molar refractivity (Wildman–Crippen MR) is 89.4 cm³/mol. The lowest BCUT2D eigenvalue weighted by atomic mass is 10.1. The summed E-state index contributed by atoms with van der Waals surface area (Å²) in [5.74, 6) is -0.501. The Morgan fingerprint density at radius 1 is 1.12 bits per heavy atom. The number of hydrogen-bond donors (Lipinski definition) is 1. The van der Waals surface area contributed by atoms with E-state index < -0.39 is 17.6 Å². The summed E-state index contributed by atoms with van der Waals surface area (Å²) in [5.41, 5.74) is 2.58. The van der Waals surface area contributed by atoms with E-state index in [1.54, 1.807) is 17.7 Å². The molecule has 0 aliphatic carbocycles. The van der Waals surface area contributed by atoms with Gasteiger partial charge in [0.2, 0.25) is 0 Å². The SMILES string of the molecule is Cn1c(C(=O)N/N=C/c2ccccc2C(F)(F)F)cc2ccccc21. The highest BCUT2D eigenvalue weighted by atomic mass is 19.4. The maximum Gasteiger partial charge on any atom is 0.417 e. The predicted octanol–water partition coefficient (Wildman–Crippen LogP) is 3.96. The summed E-state index contributed by atoms with van der Waals surface area (Å²) in [4.78, 5) is 12.2. The van der Waals surface area contributed by atoms with E-state index in [1.807, 2.05) is 24.3 Å². The number of fused-ring (bicyclic) bond motifs is 1. The maximum atomic E-state index is 12.9. The van der Waals surface area contributed by atoms with Crippen LogP contribution in [0.4, 0.5) is 13.2 Å². The largest absolute Gasteiger partial charge is 0.417 e. The fourth-order valence-electron chi connectivity index (χ4n) is 2.59. The number of aromatic nitrogens is 1. The Morgan fingerprint density at radius 2 is 1.80 bits per heavy atom. The van der Waals surface area contributed by atoms with Crippen LogP contribution in [0, 0.1) is 0 Å². The molecule has 3 aromatic rings. The van der Waals surface area contributed by atoms with Crippen molar-refractivity contribution in [3.05, 3.63) is 71.4 Å². The molecule has 4 nitrogen and oxygen atoms in total. The molecule has 2 aromatic carbocycles. The second-order valence-electron chi connectivity index (χ2n) is 5.43. The van der Waals surface area contributed by atoms with E-state index in [2.05, 4.69) is 10.5 Å². The number of hydrogen-bond acceptors (Lipinski definition) is 2. The number of aryl methyl sites for hydroxylation is 1. The Kier molecular flexibility index (Phi) is 4.31.